The lowest BCUT2D eigenvalue weighted by Crippen LogP contribution is -2.29. The van der Waals surface area contributed by atoms with E-state index in [9.17, 15) is 13.2 Å². The van der Waals surface area contributed by atoms with Gasteiger partial charge in [-0.3, -0.25) is 0 Å². The Labute approximate surface area is 181 Å². The third-order valence-electron chi connectivity index (χ3n) is 4.89. The van der Waals surface area contributed by atoms with Gasteiger partial charge >= 0.3 is 6.36 Å². The Kier molecular flexibility index (Phi) is 7.25. The van der Waals surface area contributed by atoms with E-state index >= 15 is 0 Å². The second kappa shape index (κ2) is 9.72. The molecule has 0 spiro atoms. The molecule has 1 aliphatic rings. The molecule has 2 aromatic rings. The minimum absolute atomic E-state index is 0.272. The predicted octanol–water partition coefficient (Wildman–Crippen LogP) is 5.05. The van der Waals surface area contributed by atoms with Gasteiger partial charge in [0.15, 0.2) is 0 Å². The quantitative estimate of drug-likeness (QED) is 0.563. The largest absolute Gasteiger partial charge is 0.573 e. The summed E-state index contributed by atoms with van der Waals surface area (Å²) in [6.07, 6.45) is -1.37. The normalized spacial score (nSPS) is 15.5. The lowest BCUT2D eigenvalue weighted by Gasteiger charge is -2.23. The number of piperidine rings is 1. The van der Waals surface area contributed by atoms with Gasteiger partial charge in [-0.1, -0.05) is 12.1 Å². The van der Waals surface area contributed by atoms with Gasteiger partial charge in [0.2, 0.25) is 5.95 Å². The number of hydrogen-bond acceptors (Lipinski definition) is 6. The van der Waals surface area contributed by atoms with Gasteiger partial charge in [0.05, 0.1) is 5.69 Å². The number of benzene rings is 1. The summed E-state index contributed by atoms with van der Waals surface area (Å²) in [6.45, 7) is 8.85. The molecule has 1 saturated heterocycles. The smallest absolute Gasteiger partial charge is 0.406 e. The van der Waals surface area contributed by atoms with Crippen LogP contribution in [0.4, 0.5) is 24.9 Å². The molecule has 0 radical (unpaired) electrons. The molecule has 3 rings (SSSR count). The van der Waals surface area contributed by atoms with Crippen LogP contribution in [0.15, 0.2) is 30.3 Å². The molecular formula is C22H30F3N5O. The molecule has 0 atom stereocenters. The maximum Gasteiger partial charge on any atom is 0.573 e. The molecule has 9 heteroatoms. The molecule has 1 aromatic carbocycles. The number of hydrogen-bond donors (Lipinski definition) is 3. The number of nitrogens with zero attached hydrogens (tertiary/aromatic N) is 2. The van der Waals surface area contributed by atoms with E-state index < -0.39 is 6.36 Å². The maximum absolute atomic E-state index is 12.6. The fourth-order valence-corrected chi connectivity index (χ4v) is 3.50. The summed E-state index contributed by atoms with van der Waals surface area (Å²) >= 11 is 0. The maximum atomic E-state index is 12.6. The molecule has 1 aromatic heterocycles. The number of halogens is 3. The van der Waals surface area contributed by atoms with Crippen molar-refractivity contribution in [3.63, 3.8) is 0 Å². The van der Waals surface area contributed by atoms with Crippen LogP contribution < -0.4 is 20.7 Å². The number of anilines is 2. The van der Waals surface area contributed by atoms with Gasteiger partial charge in [0.25, 0.3) is 0 Å². The van der Waals surface area contributed by atoms with Crippen molar-refractivity contribution in [2.75, 3.05) is 30.3 Å². The van der Waals surface area contributed by atoms with Gasteiger partial charge in [-0.25, -0.2) is 4.98 Å². The third-order valence-corrected chi connectivity index (χ3v) is 4.89. The first-order valence-corrected chi connectivity index (χ1v) is 10.6. The number of rotatable bonds is 7. The zero-order valence-electron chi connectivity index (χ0n) is 18.1. The van der Waals surface area contributed by atoms with E-state index in [0.29, 0.717) is 28.9 Å². The SMILES string of the molecule is CC(C)(C)Nc1nc(NCCC2CCNCC2)cc(-c2cccc(OC(F)(F)F)c2)n1. The fraction of sp³-hybridized carbons (Fsp3) is 0.545. The van der Waals surface area contributed by atoms with Crippen LogP contribution in [0, 0.1) is 5.92 Å². The summed E-state index contributed by atoms with van der Waals surface area (Å²) < 4.78 is 41.9. The van der Waals surface area contributed by atoms with E-state index in [1.807, 2.05) is 20.8 Å². The van der Waals surface area contributed by atoms with E-state index in [1.54, 1.807) is 12.1 Å². The Morgan fingerprint density at radius 1 is 1.10 bits per heavy atom. The Bertz CT molecular complexity index is 861. The second-order valence-corrected chi connectivity index (χ2v) is 8.82. The van der Waals surface area contributed by atoms with Crippen LogP contribution in [-0.4, -0.2) is 41.5 Å². The van der Waals surface area contributed by atoms with Crippen LogP contribution in [0.2, 0.25) is 0 Å². The standard InChI is InChI=1S/C22H30F3N5O/c1-21(2,3)30-20-28-18(16-5-4-6-17(13-16)31-22(23,24)25)14-19(29-20)27-12-9-15-7-10-26-11-8-15/h4-6,13-15,26H,7-12H2,1-3H3,(H2,27,28,29,30). The van der Waals surface area contributed by atoms with Crippen LogP contribution in [0.25, 0.3) is 11.3 Å². The van der Waals surface area contributed by atoms with E-state index in [0.717, 1.165) is 26.1 Å². The molecule has 3 N–H and O–H groups in total. The summed E-state index contributed by atoms with van der Waals surface area (Å²) in [5.74, 6) is 1.44. The zero-order chi connectivity index (χ0) is 22.5. The van der Waals surface area contributed by atoms with Crippen LogP contribution in [0.1, 0.15) is 40.0 Å². The molecule has 2 heterocycles. The average molecular weight is 438 g/mol. The molecule has 0 bridgehead atoms. The van der Waals surface area contributed by atoms with Crippen molar-refractivity contribution in [1.82, 2.24) is 15.3 Å². The molecule has 0 unspecified atom stereocenters. The third kappa shape index (κ3) is 7.90. The highest BCUT2D eigenvalue weighted by Gasteiger charge is 2.31. The molecular weight excluding hydrogens is 407 g/mol. The summed E-state index contributed by atoms with van der Waals surface area (Å²) in [5, 5.41) is 9.97. The van der Waals surface area contributed by atoms with Crippen LogP contribution in [0.3, 0.4) is 0 Å². The van der Waals surface area contributed by atoms with Crippen molar-refractivity contribution in [3.8, 4) is 17.0 Å². The lowest BCUT2D eigenvalue weighted by atomic mass is 9.95. The first-order valence-electron chi connectivity index (χ1n) is 10.6. The highest BCUT2D eigenvalue weighted by Crippen LogP contribution is 2.29. The number of ether oxygens (including phenoxy) is 1. The molecule has 6 nitrogen and oxygen atoms in total. The van der Waals surface area contributed by atoms with Gasteiger partial charge < -0.3 is 20.7 Å². The minimum Gasteiger partial charge on any atom is -0.406 e. The summed E-state index contributed by atoms with van der Waals surface area (Å²) in [5.41, 5.74) is 0.757. The van der Waals surface area contributed by atoms with Crippen LogP contribution >= 0.6 is 0 Å². The van der Waals surface area contributed by atoms with Crippen LogP contribution in [0.5, 0.6) is 5.75 Å². The molecule has 0 amide bonds. The molecule has 0 saturated carbocycles. The Hall–Kier alpha value is -2.55. The van der Waals surface area contributed by atoms with Gasteiger partial charge in [0, 0.05) is 23.7 Å². The first-order chi connectivity index (χ1) is 14.6. The number of nitrogens with one attached hydrogen (secondary N) is 3. The van der Waals surface area contributed by atoms with Crippen molar-refractivity contribution in [2.45, 2.75) is 51.9 Å². The van der Waals surface area contributed by atoms with Crippen molar-refractivity contribution in [3.05, 3.63) is 30.3 Å². The Balaban J connectivity index is 1.80. The van der Waals surface area contributed by atoms with E-state index in [1.165, 1.54) is 31.0 Å². The second-order valence-electron chi connectivity index (χ2n) is 8.82. The Morgan fingerprint density at radius 2 is 1.84 bits per heavy atom. The number of aromatic nitrogens is 2. The van der Waals surface area contributed by atoms with Gasteiger partial charge in [-0.05, 0) is 71.2 Å². The zero-order valence-corrected chi connectivity index (χ0v) is 18.1. The van der Waals surface area contributed by atoms with Gasteiger partial charge in [-0.15, -0.1) is 13.2 Å². The molecule has 0 aliphatic carbocycles. The average Bonchev–Trinajstić information content (AvgIpc) is 2.66. The molecule has 31 heavy (non-hydrogen) atoms. The van der Waals surface area contributed by atoms with E-state index in [4.69, 9.17) is 0 Å². The molecule has 1 aliphatic heterocycles. The van der Waals surface area contributed by atoms with Crippen molar-refractivity contribution in [2.24, 2.45) is 5.92 Å². The highest BCUT2D eigenvalue weighted by molar-refractivity contribution is 5.66. The summed E-state index contributed by atoms with van der Waals surface area (Å²) in [6, 6.07) is 7.56. The predicted molar refractivity (Wildman–Crippen MR) is 116 cm³/mol. The first kappa shape index (κ1) is 23.1. The highest BCUT2D eigenvalue weighted by atomic mass is 19.4. The van der Waals surface area contributed by atoms with E-state index in [-0.39, 0.29) is 11.3 Å². The van der Waals surface area contributed by atoms with Crippen LogP contribution in [-0.2, 0) is 0 Å². The monoisotopic (exact) mass is 437 g/mol. The van der Waals surface area contributed by atoms with Gasteiger partial charge in [0.1, 0.15) is 11.6 Å². The Morgan fingerprint density at radius 3 is 2.52 bits per heavy atom. The van der Waals surface area contributed by atoms with Crippen molar-refractivity contribution >= 4 is 11.8 Å². The van der Waals surface area contributed by atoms with E-state index in [2.05, 4.69) is 30.7 Å². The lowest BCUT2D eigenvalue weighted by molar-refractivity contribution is -0.274. The van der Waals surface area contributed by atoms with Crippen molar-refractivity contribution in [1.29, 1.82) is 0 Å². The van der Waals surface area contributed by atoms with Crippen molar-refractivity contribution < 1.29 is 17.9 Å². The topological polar surface area (TPSA) is 71.1 Å². The molecule has 1 fully saturated rings. The molecule has 170 valence electrons. The fourth-order valence-electron chi connectivity index (χ4n) is 3.50. The number of alkyl halides is 3. The van der Waals surface area contributed by atoms with Gasteiger partial charge in [-0.2, -0.15) is 4.98 Å². The summed E-state index contributed by atoms with van der Waals surface area (Å²) in [4.78, 5) is 9.07. The summed E-state index contributed by atoms with van der Waals surface area (Å²) in [7, 11) is 0. The minimum atomic E-state index is -4.75.